The zero-order chi connectivity index (χ0) is 16.6. The lowest BCUT2D eigenvalue weighted by Crippen LogP contribution is -2.50. The average molecular weight is 351 g/mol. The van der Waals surface area contributed by atoms with E-state index >= 15 is 0 Å². The van der Waals surface area contributed by atoms with Gasteiger partial charge in [-0.25, -0.2) is 13.1 Å². The third kappa shape index (κ3) is 3.64. The second-order valence-corrected chi connectivity index (χ2v) is 9.40. The average Bonchev–Trinajstić information content (AvgIpc) is 3.34. The third-order valence-electron chi connectivity index (χ3n) is 5.31. The normalized spacial score (nSPS) is 31.6. The molecule has 3 fully saturated rings. The molecular formula is C17H25N3O3S. The van der Waals surface area contributed by atoms with Crippen LogP contribution in [0.25, 0.3) is 0 Å². The Morgan fingerprint density at radius 3 is 3.00 bits per heavy atom. The van der Waals surface area contributed by atoms with Crippen molar-refractivity contribution in [3.05, 3.63) is 30.1 Å². The molecule has 1 aromatic heterocycles. The molecule has 1 saturated carbocycles. The quantitative estimate of drug-likeness (QED) is 0.865. The van der Waals surface area contributed by atoms with Crippen LogP contribution in [0, 0.1) is 0 Å². The Bertz CT molecular complexity index is 678. The van der Waals surface area contributed by atoms with Gasteiger partial charge in [0.15, 0.2) is 0 Å². The van der Waals surface area contributed by atoms with Crippen molar-refractivity contribution in [2.45, 2.75) is 55.5 Å². The molecule has 7 heteroatoms. The Hall–Kier alpha value is -1.02. The van der Waals surface area contributed by atoms with Crippen molar-refractivity contribution in [3.63, 3.8) is 0 Å². The van der Waals surface area contributed by atoms with Crippen LogP contribution in [0.2, 0.25) is 0 Å². The fourth-order valence-electron chi connectivity index (χ4n) is 3.93. The molecule has 3 aliphatic rings. The van der Waals surface area contributed by atoms with E-state index in [9.17, 15) is 8.42 Å². The molecule has 1 spiro atoms. The van der Waals surface area contributed by atoms with Gasteiger partial charge >= 0.3 is 0 Å². The minimum Gasteiger partial charge on any atom is -0.373 e. The second kappa shape index (κ2) is 6.37. The smallest absolute Gasteiger partial charge is 0.214 e. The molecule has 1 aromatic rings. The lowest BCUT2D eigenvalue weighted by atomic mass is 9.90. The van der Waals surface area contributed by atoms with E-state index in [4.69, 9.17) is 4.74 Å². The largest absolute Gasteiger partial charge is 0.373 e. The maximum Gasteiger partial charge on any atom is 0.214 e. The highest BCUT2D eigenvalue weighted by molar-refractivity contribution is 7.90. The van der Waals surface area contributed by atoms with Gasteiger partial charge in [0, 0.05) is 44.7 Å². The molecule has 1 N–H and O–H groups in total. The lowest BCUT2D eigenvalue weighted by molar-refractivity contribution is -0.0779. The molecule has 4 rings (SSSR count). The third-order valence-corrected chi connectivity index (χ3v) is 7.32. The summed E-state index contributed by atoms with van der Waals surface area (Å²) in [6, 6.07) is 4.07. The van der Waals surface area contributed by atoms with Gasteiger partial charge in [0.2, 0.25) is 10.0 Å². The first-order valence-corrected chi connectivity index (χ1v) is 10.4. The van der Waals surface area contributed by atoms with Gasteiger partial charge in [-0.05, 0) is 43.7 Å². The number of pyridine rings is 1. The van der Waals surface area contributed by atoms with Gasteiger partial charge in [-0.2, -0.15) is 0 Å². The van der Waals surface area contributed by atoms with Crippen molar-refractivity contribution in [3.8, 4) is 0 Å². The zero-order valence-electron chi connectivity index (χ0n) is 13.9. The molecule has 1 aliphatic carbocycles. The van der Waals surface area contributed by atoms with Crippen LogP contribution in [0.3, 0.4) is 0 Å². The van der Waals surface area contributed by atoms with E-state index in [1.165, 1.54) is 5.56 Å². The fourth-order valence-corrected chi connectivity index (χ4v) is 5.55. The summed E-state index contributed by atoms with van der Waals surface area (Å²) in [4.78, 5) is 6.55. The van der Waals surface area contributed by atoms with Crippen LogP contribution in [0.4, 0.5) is 0 Å². The van der Waals surface area contributed by atoms with Crippen LogP contribution in [0.15, 0.2) is 24.5 Å². The first-order chi connectivity index (χ1) is 11.5. The standard InChI is InChI=1S/C17H25N3O3S/c21-24(22,16-3-4-16)19-15-5-9-23-17(10-15)6-8-20(13-17)12-14-2-1-7-18-11-14/h1-2,7,11,15-16,19H,3-6,8-10,12-13H2/t15-,17+/m0/s1. The van der Waals surface area contributed by atoms with Crippen LogP contribution in [-0.2, 0) is 21.3 Å². The monoisotopic (exact) mass is 351 g/mol. The molecular weight excluding hydrogens is 326 g/mol. The number of ether oxygens (including phenoxy) is 1. The maximum absolute atomic E-state index is 12.2. The summed E-state index contributed by atoms with van der Waals surface area (Å²) in [5, 5.41) is -0.151. The highest BCUT2D eigenvalue weighted by atomic mass is 32.2. The molecule has 0 amide bonds. The topological polar surface area (TPSA) is 71.5 Å². The summed E-state index contributed by atoms with van der Waals surface area (Å²) >= 11 is 0. The molecule has 2 saturated heterocycles. The predicted octanol–water partition coefficient (Wildman–Crippen LogP) is 1.29. The predicted molar refractivity (Wildman–Crippen MR) is 90.9 cm³/mol. The van der Waals surface area contributed by atoms with Gasteiger partial charge in [0.25, 0.3) is 0 Å². The minimum absolute atomic E-state index is 0.0164. The van der Waals surface area contributed by atoms with Crippen molar-refractivity contribution < 1.29 is 13.2 Å². The Kier molecular flexibility index (Phi) is 4.36. The number of nitrogens with zero attached hydrogens (tertiary/aromatic N) is 2. The molecule has 132 valence electrons. The van der Waals surface area contributed by atoms with Gasteiger partial charge in [-0.1, -0.05) is 6.07 Å². The molecule has 2 atom stereocenters. The van der Waals surface area contributed by atoms with E-state index in [-0.39, 0.29) is 16.9 Å². The molecule has 0 aromatic carbocycles. The van der Waals surface area contributed by atoms with E-state index in [0.29, 0.717) is 6.61 Å². The van der Waals surface area contributed by atoms with E-state index in [0.717, 1.165) is 51.7 Å². The minimum atomic E-state index is -3.12. The van der Waals surface area contributed by atoms with Gasteiger partial charge < -0.3 is 4.74 Å². The molecule has 6 nitrogen and oxygen atoms in total. The lowest BCUT2D eigenvalue weighted by Gasteiger charge is -2.38. The molecule has 3 heterocycles. The number of hydrogen-bond donors (Lipinski definition) is 1. The summed E-state index contributed by atoms with van der Waals surface area (Å²) in [7, 11) is -3.12. The van der Waals surface area contributed by atoms with Gasteiger partial charge in [-0.15, -0.1) is 0 Å². The van der Waals surface area contributed by atoms with Crippen LogP contribution < -0.4 is 4.72 Å². The number of likely N-dealkylation sites (tertiary alicyclic amines) is 1. The maximum atomic E-state index is 12.2. The Balaban J connectivity index is 1.37. The molecule has 24 heavy (non-hydrogen) atoms. The van der Waals surface area contributed by atoms with E-state index in [1.54, 1.807) is 6.20 Å². The Morgan fingerprint density at radius 2 is 2.25 bits per heavy atom. The van der Waals surface area contributed by atoms with Crippen LogP contribution in [0.5, 0.6) is 0 Å². The van der Waals surface area contributed by atoms with Crippen molar-refractivity contribution in [1.82, 2.24) is 14.6 Å². The number of rotatable bonds is 5. The molecule has 2 aliphatic heterocycles. The second-order valence-electron chi connectivity index (χ2n) is 7.41. The zero-order valence-corrected chi connectivity index (χ0v) is 14.7. The SMILES string of the molecule is O=S(=O)(N[C@H]1CCO[C@]2(CCN(Cc3cccnc3)C2)C1)C1CC1. The summed E-state index contributed by atoms with van der Waals surface area (Å²) in [5.41, 5.74) is 1.01. The summed E-state index contributed by atoms with van der Waals surface area (Å²) < 4.78 is 33.5. The first-order valence-electron chi connectivity index (χ1n) is 8.81. The molecule has 0 bridgehead atoms. The van der Waals surface area contributed by atoms with Crippen molar-refractivity contribution in [2.75, 3.05) is 19.7 Å². The number of hydrogen-bond acceptors (Lipinski definition) is 5. The number of aromatic nitrogens is 1. The highest BCUT2D eigenvalue weighted by Crippen LogP contribution is 2.36. The summed E-state index contributed by atoms with van der Waals surface area (Å²) in [5.74, 6) is 0. The van der Waals surface area contributed by atoms with Gasteiger partial charge in [0.1, 0.15) is 0 Å². The van der Waals surface area contributed by atoms with E-state index < -0.39 is 10.0 Å². The molecule has 0 radical (unpaired) electrons. The fraction of sp³-hybridized carbons (Fsp3) is 0.706. The van der Waals surface area contributed by atoms with Crippen molar-refractivity contribution >= 4 is 10.0 Å². The van der Waals surface area contributed by atoms with Crippen LogP contribution in [-0.4, -0.2) is 54.9 Å². The van der Waals surface area contributed by atoms with Gasteiger partial charge in [0.05, 0.1) is 10.9 Å². The van der Waals surface area contributed by atoms with E-state index in [2.05, 4.69) is 20.7 Å². The van der Waals surface area contributed by atoms with Gasteiger partial charge in [-0.3, -0.25) is 9.88 Å². The Labute approximate surface area is 143 Å². The number of sulfonamides is 1. The van der Waals surface area contributed by atoms with Crippen molar-refractivity contribution in [1.29, 1.82) is 0 Å². The summed E-state index contributed by atoms with van der Waals surface area (Å²) in [6.07, 6.45) is 7.83. The van der Waals surface area contributed by atoms with Crippen LogP contribution >= 0.6 is 0 Å². The van der Waals surface area contributed by atoms with Crippen LogP contribution in [0.1, 0.15) is 37.7 Å². The number of nitrogens with one attached hydrogen (secondary N) is 1. The molecule has 0 unspecified atom stereocenters. The first kappa shape index (κ1) is 16.4. The summed E-state index contributed by atoms with van der Waals surface area (Å²) in [6.45, 7) is 3.36. The Morgan fingerprint density at radius 1 is 1.38 bits per heavy atom. The highest BCUT2D eigenvalue weighted by Gasteiger charge is 2.45. The van der Waals surface area contributed by atoms with Crippen molar-refractivity contribution in [2.24, 2.45) is 0 Å². The van der Waals surface area contributed by atoms with E-state index in [1.807, 2.05) is 12.3 Å².